The van der Waals surface area contributed by atoms with E-state index < -0.39 is 0 Å². The van der Waals surface area contributed by atoms with Crippen LogP contribution >= 0.6 is 0 Å². The van der Waals surface area contributed by atoms with Gasteiger partial charge in [-0.15, -0.1) is 0 Å². The molecule has 1 aliphatic rings. The molecule has 1 saturated heterocycles. The number of nitrogens with zero attached hydrogens (tertiary/aromatic N) is 1. The van der Waals surface area contributed by atoms with E-state index in [1.165, 1.54) is 0 Å². The zero-order valence-corrected chi connectivity index (χ0v) is 13.2. The van der Waals surface area contributed by atoms with E-state index in [-0.39, 0.29) is 6.10 Å². The Morgan fingerprint density at radius 1 is 1.38 bits per heavy atom. The third-order valence-corrected chi connectivity index (χ3v) is 3.79. The van der Waals surface area contributed by atoms with Gasteiger partial charge in [0.2, 0.25) is 0 Å². The standard InChI is InChI=1S/C16H26N2O3/c1-12(2)18-6-7-20-14(10-18)11-21-15-5-4-13(9-17)8-16(15)19-3/h4-5,8,12,14H,6-7,9-11,17H2,1-3H3. The Labute approximate surface area is 127 Å². The smallest absolute Gasteiger partial charge is 0.161 e. The highest BCUT2D eigenvalue weighted by atomic mass is 16.5. The molecule has 0 spiro atoms. The van der Waals surface area contributed by atoms with E-state index in [1.54, 1.807) is 7.11 Å². The minimum absolute atomic E-state index is 0.0973. The second kappa shape index (κ2) is 7.64. The normalized spacial score (nSPS) is 19.8. The average molecular weight is 294 g/mol. The number of morpholine rings is 1. The van der Waals surface area contributed by atoms with Gasteiger partial charge in [-0.1, -0.05) is 6.07 Å². The van der Waals surface area contributed by atoms with Crippen molar-refractivity contribution < 1.29 is 14.2 Å². The van der Waals surface area contributed by atoms with Gasteiger partial charge in [0.25, 0.3) is 0 Å². The molecule has 1 aliphatic heterocycles. The number of benzene rings is 1. The summed E-state index contributed by atoms with van der Waals surface area (Å²) in [6.45, 7) is 8.09. The first-order valence-corrected chi connectivity index (χ1v) is 7.49. The van der Waals surface area contributed by atoms with Crippen molar-refractivity contribution >= 4 is 0 Å². The molecular weight excluding hydrogens is 268 g/mol. The van der Waals surface area contributed by atoms with Crippen molar-refractivity contribution in [2.45, 2.75) is 32.5 Å². The van der Waals surface area contributed by atoms with Gasteiger partial charge < -0.3 is 19.9 Å². The molecular formula is C16H26N2O3. The average Bonchev–Trinajstić information content (AvgIpc) is 2.53. The van der Waals surface area contributed by atoms with Gasteiger partial charge in [-0.05, 0) is 31.5 Å². The van der Waals surface area contributed by atoms with Crippen LogP contribution in [0, 0.1) is 0 Å². The Morgan fingerprint density at radius 2 is 2.19 bits per heavy atom. The Kier molecular flexibility index (Phi) is 5.85. The van der Waals surface area contributed by atoms with E-state index in [2.05, 4.69) is 18.7 Å². The van der Waals surface area contributed by atoms with Gasteiger partial charge in [0, 0.05) is 25.7 Å². The fraction of sp³-hybridized carbons (Fsp3) is 0.625. The van der Waals surface area contributed by atoms with Crippen LogP contribution in [0.25, 0.3) is 0 Å². The summed E-state index contributed by atoms with van der Waals surface area (Å²) < 4.78 is 17.0. The second-order valence-electron chi connectivity index (χ2n) is 5.58. The maximum absolute atomic E-state index is 5.88. The highest BCUT2D eigenvalue weighted by molar-refractivity contribution is 5.42. The van der Waals surface area contributed by atoms with Crippen LogP contribution in [0.3, 0.4) is 0 Å². The molecule has 1 heterocycles. The third kappa shape index (κ3) is 4.33. The van der Waals surface area contributed by atoms with E-state index in [9.17, 15) is 0 Å². The molecule has 2 rings (SSSR count). The lowest BCUT2D eigenvalue weighted by Gasteiger charge is -2.35. The fourth-order valence-corrected chi connectivity index (χ4v) is 2.45. The summed E-state index contributed by atoms with van der Waals surface area (Å²) in [5, 5.41) is 0. The first-order chi connectivity index (χ1) is 10.1. The predicted octanol–water partition coefficient (Wildman–Crippen LogP) is 1.64. The Hall–Kier alpha value is -1.30. The van der Waals surface area contributed by atoms with Gasteiger partial charge in [-0.3, -0.25) is 4.90 Å². The summed E-state index contributed by atoms with van der Waals surface area (Å²) >= 11 is 0. The lowest BCUT2D eigenvalue weighted by molar-refractivity contribution is -0.0566. The van der Waals surface area contributed by atoms with Crippen LogP contribution in [-0.4, -0.2) is 50.5 Å². The Balaban J connectivity index is 1.93. The van der Waals surface area contributed by atoms with Crippen LogP contribution in [0.4, 0.5) is 0 Å². The van der Waals surface area contributed by atoms with Crippen molar-refractivity contribution in [2.24, 2.45) is 5.73 Å². The van der Waals surface area contributed by atoms with Crippen LogP contribution in [0.1, 0.15) is 19.4 Å². The van der Waals surface area contributed by atoms with Crippen molar-refractivity contribution in [2.75, 3.05) is 33.4 Å². The molecule has 1 aromatic carbocycles. The number of nitrogens with two attached hydrogens (primary N) is 1. The molecule has 0 aliphatic carbocycles. The molecule has 21 heavy (non-hydrogen) atoms. The van der Waals surface area contributed by atoms with Crippen molar-refractivity contribution in [3.8, 4) is 11.5 Å². The second-order valence-corrected chi connectivity index (χ2v) is 5.58. The number of methoxy groups -OCH3 is 1. The van der Waals surface area contributed by atoms with Crippen molar-refractivity contribution in [3.63, 3.8) is 0 Å². The van der Waals surface area contributed by atoms with Gasteiger partial charge in [0.1, 0.15) is 12.7 Å². The van der Waals surface area contributed by atoms with E-state index in [4.69, 9.17) is 19.9 Å². The molecule has 5 heteroatoms. The summed E-state index contributed by atoms with van der Waals surface area (Å²) in [4.78, 5) is 2.41. The molecule has 0 saturated carbocycles. The highest BCUT2D eigenvalue weighted by Crippen LogP contribution is 2.28. The Morgan fingerprint density at radius 3 is 2.86 bits per heavy atom. The fourth-order valence-electron chi connectivity index (χ4n) is 2.45. The van der Waals surface area contributed by atoms with Crippen LogP contribution in [0.5, 0.6) is 11.5 Å². The molecule has 0 amide bonds. The molecule has 1 unspecified atom stereocenters. The van der Waals surface area contributed by atoms with Crippen LogP contribution in [0.15, 0.2) is 18.2 Å². The molecule has 0 bridgehead atoms. The quantitative estimate of drug-likeness (QED) is 0.864. The minimum Gasteiger partial charge on any atom is -0.493 e. The zero-order valence-electron chi connectivity index (χ0n) is 13.2. The molecule has 0 radical (unpaired) electrons. The van der Waals surface area contributed by atoms with E-state index in [0.717, 1.165) is 36.8 Å². The lowest BCUT2D eigenvalue weighted by atomic mass is 10.2. The number of hydrogen-bond acceptors (Lipinski definition) is 5. The Bertz CT molecular complexity index is 451. The highest BCUT2D eigenvalue weighted by Gasteiger charge is 2.23. The van der Waals surface area contributed by atoms with E-state index in [0.29, 0.717) is 19.2 Å². The molecule has 1 aromatic rings. The van der Waals surface area contributed by atoms with E-state index in [1.807, 2.05) is 18.2 Å². The molecule has 0 aromatic heterocycles. The largest absolute Gasteiger partial charge is 0.493 e. The summed E-state index contributed by atoms with van der Waals surface area (Å²) in [7, 11) is 1.64. The summed E-state index contributed by atoms with van der Waals surface area (Å²) in [6, 6.07) is 6.32. The first kappa shape index (κ1) is 16.1. The summed E-state index contributed by atoms with van der Waals surface area (Å²) in [5.41, 5.74) is 6.66. The number of rotatable bonds is 6. The number of ether oxygens (including phenoxy) is 3. The lowest BCUT2D eigenvalue weighted by Crippen LogP contribution is -2.47. The zero-order chi connectivity index (χ0) is 15.2. The monoisotopic (exact) mass is 294 g/mol. The van der Waals surface area contributed by atoms with Gasteiger partial charge in [0.05, 0.1) is 13.7 Å². The third-order valence-electron chi connectivity index (χ3n) is 3.79. The maximum Gasteiger partial charge on any atom is 0.161 e. The summed E-state index contributed by atoms with van der Waals surface area (Å²) in [5.74, 6) is 1.45. The van der Waals surface area contributed by atoms with Gasteiger partial charge >= 0.3 is 0 Å². The van der Waals surface area contributed by atoms with Crippen LogP contribution in [-0.2, 0) is 11.3 Å². The van der Waals surface area contributed by atoms with Gasteiger partial charge in [-0.2, -0.15) is 0 Å². The minimum atomic E-state index is 0.0973. The molecule has 118 valence electrons. The summed E-state index contributed by atoms with van der Waals surface area (Å²) in [6.07, 6.45) is 0.0973. The van der Waals surface area contributed by atoms with Gasteiger partial charge in [0.15, 0.2) is 11.5 Å². The topological polar surface area (TPSA) is 57.0 Å². The SMILES string of the molecule is COc1cc(CN)ccc1OCC1CN(C(C)C)CCO1. The number of hydrogen-bond donors (Lipinski definition) is 1. The predicted molar refractivity (Wildman–Crippen MR) is 82.8 cm³/mol. The van der Waals surface area contributed by atoms with Crippen LogP contribution in [0.2, 0.25) is 0 Å². The molecule has 1 atom stereocenters. The van der Waals surface area contributed by atoms with Crippen molar-refractivity contribution in [1.82, 2.24) is 4.90 Å². The first-order valence-electron chi connectivity index (χ1n) is 7.49. The van der Waals surface area contributed by atoms with Crippen LogP contribution < -0.4 is 15.2 Å². The molecule has 1 fully saturated rings. The van der Waals surface area contributed by atoms with Crippen molar-refractivity contribution in [3.05, 3.63) is 23.8 Å². The van der Waals surface area contributed by atoms with Gasteiger partial charge in [-0.25, -0.2) is 0 Å². The molecule has 5 nitrogen and oxygen atoms in total. The molecule has 2 N–H and O–H groups in total. The van der Waals surface area contributed by atoms with E-state index >= 15 is 0 Å². The maximum atomic E-state index is 5.88. The van der Waals surface area contributed by atoms with Crippen molar-refractivity contribution in [1.29, 1.82) is 0 Å².